The normalized spacial score (nSPS) is 17.1. The molecule has 122 valence electrons. The summed E-state index contributed by atoms with van der Waals surface area (Å²) in [5.41, 5.74) is 0. The van der Waals surface area contributed by atoms with Crippen LogP contribution in [-0.2, 0) is 0 Å². The largest absolute Gasteiger partial charge is 0.459 e. The summed E-state index contributed by atoms with van der Waals surface area (Å²) < 4.78 is 87.6. The van der Waals surface area contributed by atoms with Crippen molar-refractivity contribution in [3.63, 3.8) is 0 Å². The highest BCUT2D eigenvalue weighted by atomic mass is 127. The van der Waals surface area contributed by atoms with Crippen molar-refractivity contribution in [3.05, 3.63) is 0 Å². The van der Waals surface area contributed by atoms with Gasteiger partial charge in [-0.15, -0.1) is 0 Å². The molecule has 20 heavy (non-hydrogen) atoms. The molecular formula is C12H18F7I. The fourth-order valence-corrected chi connectivity index (χ4v) is 2.66. The van der Waals surface area contributed by atoms with Crippen LogP contribution in [0.15, 0.2) is 0 Å². The topological polar surface area (TPSA) is 0 Å². The van der Waals surface area contributed by atoms with E-state index in [0.29, 0.717) is 6.42 Å². The molecule has 0 saturated carbocycles. The highest BCUT2D eigenvalue weighted by Gasteiger charge is 2.73. The zero-order chi connectivity index (χ0) is 16.2. The van der Waals surface area contributed by atoms with Crippen molar-refractivity contribution in [3.8, 4) is 0 Å². The lowest BCUT2D eigenvalue weighted by Crippen LogP contribution is -2.54. The van der Waals surface area contributed by atoms with Crippen LogP contribution >= 0.6 is 22.6 Å². The summed E-state index contributed by atoms with van der Waals surface area (Å²) in [5.74, 6) is -11.1. The molecule has 0 N–H and O–H groups in total. The SMILES string of the molecule is CCCCCC(I)(CC)CC(F)(F)C(F)(F)C(F)(F)F. The molecule has 0 rings (SSSR count). The molecule has 0 aliphatic carbocycles. The van der Waals surface area contributed by atoms with Crippen LogP contribution in [-0.4, -0.2) is 21.4 Å². The number of unbranched alkanes of at least 4 members (excludes halogenated alkanes) is 2. The molecule has 0 amide bonds. The standard InChI is InChI=1S/C12H18F7I/c1-3-5-6-7-9(20,4-2)8-10(13,14)11(15,16)12(17,18)19/h3-8H2,1-2H3. The molecule has 0 saturated heterocycles. The molecule has 0 aliphatic heterocycles. The van der Waals surface area contributed by atoms with E-state index in [1.807, 2.05) is 6.92 Å². The maximum atomic E-state index is 13.4. The minimum atomic E-state index is -6.24. The molecular weight excluding hydrogens is 404 g/mol. The zero-order valence-corrected chi connectivity index (χ0v) is 13.4. The van der Waals surface area contributed by atoms with Crippen LogP contribution in [0.25, 0.3) is 0 Å². The van der Waals surface area contributed by atoms with Gasteiger partial charge >= 0.3 is 18.0 Å². The Balaban J connectivity index is 5.03. The third kappa shape index (κ3) is 4.91. The molecule has 1 unspecified atom stereocenters. The van der Waals surface area contributed by atoms with Gasteiger partial charge in [-0.1, -0.05) is 55.7 Å². The van der Waals surface area contributed by atoms with Gasteiger partial charge in [0.2, 0.25) is 0 Å². The van der Waals surface area contributed by atoms with E-state index in [9.17, 15) is 30.7 Å². The van der Waals surface area contributed by atoms with Gasteiger partial charge < -0.3 is 0 Å². The molecule has 0 aromatic heterocycles. The average molecular weight is 422 g/mol. The minimum absolute atomic E-state index is 0.112. The van der Waals surface area contributed by atoms with E-state index in [-0.39, 0.29) is 12.8 Å². The van der Waals surface area contributed by atoms with E-state index >= 15 is 0 Å². The van der Waals surface area contributed by atoms with E-state index in [2.05, 4.69) is 0 Å². The highest BCUT2D eigenvalue weighted by Crippen LogP contribution is 2.52. The van der Waals surface area contributed by atoms with Gasteiger partial charge in [-0.05, 0) is 12.8 Å². The first-order valence-electron chi connectivity index (χ1n) is 6.34. The van der Waals surface area contributed by atoms with Crippen LogP contribution in [0.5, 0.6) is 0 Å². The van der Waals surface area contributed by atoms with E-state index in [1.165, 1.54) is 6.92 Å². The molecule has 0 heterocycles. The average Bonchev–Trinajstić information content (AvgIpc) is 2.27. The number of halogens is 8. The van der Waals surface area contributed by atoms with Crippen molar-refractivity contribution in [2.24, 2.45) is 0 Å². The highest BCUT2D eigenvalue weighted by molar-refractivity contribution is 14.1. The summed E-state index contributed by atoms with van der Waals surface area (Å²) in [4.78, 5) is 0. The van der Waals surface area contributed by atoms with Gasteiger partial charge in [0.05, 0.1) is 0 Å². The Bertz CT molecular complexity index is 301. The number of hydrogen-bond donors (Lipinski definition) is 0. The number of alkyl halides is 8. The molecule has 0 spiro atoms. The molecule has 0 aromatic rings. The molecule has 0 radical (unpaired) electrons. The van der Waals surface area contributed by atoms with Crippen molar-refractivity contribution >= 4 is 22.6 Å². The minimum Gasteiger partial charge on any atom is -0.199 e. The quantitative estimate of drug-likeness (QED) is 0.185. The maximum Gasteiger partial charge on any atom is 0.459 e. The Hall–Kier alpha value is 0.240. The molecule has 8 heteroatoms. The summed E-state index contributed by atoms with van der Waals surface area (Å²) in [5, 5.41) is 0. The fraction of sp³-hybridized carbons (Fsp3) is 1.00. The van der Waals surface area contributed by atoms with Crippen molar-refractivity contribution in [2.45, 2.75) is 73.8 Å². The van der Waals surface area contributed by atoms with Gasteiger partial charge in [-0.25, -0.2) is 0 Å². The Morgan fingerprint density at radius 2 is 1.35 bits per heavy atom. The van der Waals surface area contributed by atoms with Crippen molar-refractivity contribution in [1.29, 1.82) is 0 Å². The van der Waals surface area contributed by atoms with Crippen LogP contribution in [0.2, 0.25) is 0 Å². The smallest absolute Gasteiger partial charge is 0.199 e. The van der Waals surface area contributed by atoms with Crippen molar-refractivity contribution in [1.82, 2.24) is 0 Å². The maximum absolute atomic E-state index is 13.4. The van der Waals surface area contributed by atoms with Crippen LogP contribution in [0.4, 0.5) is 30.7 Å². The van der Waals surface area contributed by atoms with Crippen molar-refractivity contribution in [2.75, 3.05) is 0 Å². The van der Waals surface area contributed by atoms with Gasteiger partial charge in [0, 0.05) is 9.84 Å². The summed E-state index contributed by atoms with van der Waals surface area (Å²) in [6, 6.07) is 0. The molecule has 0 nitrogen and oxygen atoms in total. The first-order valence-corrected chi connectivity index (χ1v) is 7.42. The Labute approximate surface area is 127 Å². The summed E-state index contributed by atoms with van der Waals surface area (Å²) in [6.45, 7) is 3.40. The van der Waals surface area contributed by atoms with Crippen LogP contribution in [0.1, 0.15) is 52.4 Å². The molecule has 0 fully saturated rings. The summed E-state index contributed by atoms with van der Waals surface area (Å²) in [7, 11) is 0. The second kappa shape index (κ2) is 7.00. The lowest BCUT2D eigenvalue weighted by Gasteiger charge is -2.35. The summed E-state index contributed by atoms with van der Waals surface area (Å²) >= 11 is 1.59. The first-order chi connectivity index (χ1) is 8.83. The van der Waals surface area contributed by atoms with Crippen molar-refractivity contribution < 1.29 is 30.7 Å². The monoisotopic (exact) mass is 422 g/mol. The van der Waals surface area contributed by atoms with Crippen LogP contribution in [0, 0.1) is 0 Å². The lowest BCUT2D eigenvalue weighted by molar-refractivity contribution is -0.356. The third-order valence-electron chi connectivity index (χ3n) is 3.22. The molecule has 0 aliphatic rings. The second-order valence-corrected chi connectivity index (χ2v) is 7.20. The third-order valence-corrected chi connectivity index (χ3v) is 4.90. The predicted octanol–water partition coefficient (Wildman–Crippen LogP) is 6.37. The second-order valence-electron chi connectivity index (χ2n) is 4.91. The summed E-state index contributed by atoms with van der Waals surface area (Å²) in [6.07, 6.45) is -5.35. The van der Waals surface area contributed by atoms with Gasteiger partial charge in [-0.2, -0.15) is 30.7 Å². The van der Waals surface area contributed by atoms with Gasteiger partial charge in [0.25, 0.3) is 0 Å². The zero-order valence-electron chi connectivity index (χ0n) is 11.3. The molecule has 1 atom stereocenters. The van der Waals surface area contributed by atoms with Gasteiger partial charge in [-0.3, -0.25) is 0 Å². The number of hydrogen-bond acceptors (Lipinski definition) is 0. The molecule has 0 bridgehead atoms. The van der Waals surface area contributed by atoms with E-state index < -0.39 is 27.9 Å². The van der Waals surface area contributed by atoms with E-state index in [0.717, 1.165) is 12.8 Å². The molecule has 0 aromatic carbocycles. The van der Waals surface area contributed by atoms with E-state index in [1.54, 1.807) is 22.6 Å². The Morgan fingerprint density at radius 1 is 0.850 bits per heavy atom. The fourth-order valence-electron chi connectivity index (χ4n) is 1.80. The lowest BCUT2D eigenvalue weighted by atomic mass is 9.89. The number of rotatable bonds is 8. The van der Waals surface area contributed by atoms with Crippen LogP contribution < -0.4 is 0 Å². The Kier molecular flexibility index (Phi) is 7.08. The van der Waals surface area contributed by atoms with Gasteiger partial charge in [0.15, 0.2) is 0 Å². The Morgan fingerprint density at radius 3 is 1.70 bits per heavy atom. The van der Waals surface area contributed by atoms with Gasteiger partial charge in [0.1, 0.15) is 0 Å². The predicted molar refractivity (Wildman–Crippen MR) is 71.8 cm³/mol. The first kappa shape index (κ1) is 20.2. The van der Waals surface area contributed by atoms with Crippen LogP contribution in [0.3, 0.4) is 0 Å². The van der Waals surface area contributed by atoms with E-state index in [4.69, 9.17) is 0 Å².